The van der Waals surface area contributed by atoms with Crippen molar-refractivity contribution in [2.45, 2.75) is 19.9 Å². The van der Waals surface area contributed by atoms with Gasteiger partial charge in [-0.1, -0.05) is 0 Å². The monoisotopic (exact) mass is 299 g/mol. The van der Waals surface area contributed by atoms with Crippen LogP contribution in [0.1, 0.15) is 13.8 Å². The normalized spacial score (nSPS) is 20.7. The van der Waals surface area contributed by atoms with Crippen molar-refractivity contribution in [2.24, 2.45) is 0 Å². The van der Waals surface area contributed by atoms with Crippen LogP contribution in [-0.4, -0.2) is 68.6 Å². The minimum atomic E-state index is -3.28. The second-order valence-electron chi connectivity index (χ2n) is 4.35. The van der Waals surface area contributed by atoms with E-state index < -0.39 is 10.0 Å². The number of likely N-dealkylation sites (N-methyl/N-ethyl adjacent to an activating group) is 1. The maximum Gasteiger partial charge on any atom is 0.237 e. The molecule has 8 heteroatoms. The molecular formula is C10H22ClN3O3S. The van der Waals surface area contributed by atoms with Gasteiger partial charge in [0.05, 0.1) is 12.3 Å². The number of hydrogen-bond acceptors (Lipinski definition) is 4. The maximum absolute atomic E-state index is 11.9. The predicted molar refractivity (Wildman–Crippen MR) is 73.4 cm³/mol. The summed E-state index contributed by atoms with van der Waals surface area (Å²) in [6.07, 6.45) is 0. The SMILES string of the molecule is CCS(=O)(=O)N(C)CC(=O)N1CCNC(C)C1.Cl. The van der Waals surface area contributed by atoms with Crippen LogP contribution >= 0.6 is 12.4 Å². The fourth-order valence-electron chi connectivity index (χ4n) is 1.77. The molecule has 0 radical (unpaired) electrons. The number of nitrogens with zero attached hydrogens (tertiary/aromatic N) is 2. The first-order chi connectivity index (χ1) is 7.86. The van der Waals surface area contributed by atoms with E-state index in [2.05, 4.69) is 5.32 Å². The standard InChI is InChI=1S/C10H21N3O3S.ClH/c1-4-17(15,16)12(3)8-10(14)13-6-5-11-9(2)7-13;/h9,11H,4-8H2,1-3H3;1H. The van der Waals surface area contributed by atoms with Crippen LogP contribution in [0.25, 0.3) is 0 Å². The molecule has 0 bridgehead atoms. The Bertz CT molecular complexity index is 375. The van der Waals surface area contributed by atoms with Gasteiger partial charge in [-0.05, 0) is 13.8 Å². The Morgan fingerprint density at radius 2 is 2.11 bits per heavy atom. The van der Waals surface area contributed by atoms with Crippen LogP contribution in [0.15, 0.2) is 0 Å². The Morgan fingerprint density at radius 3 is 2.61 bits per heavy atom. The summed E-state index contributed by atoms with van der Waals surface area (Å²) in [5, 5.41) is 3.24. The fourth-order valence-corrected chi connectivity index (χ4v) is 2.52. The summed E-state index contributed by atoms with van der Waals surface area (Å²) in [5.74, 6) is -0.104. The highest BCUT2D eigenvalue weighted by Gasteiger charge is 2.24. The Kier molecular flexibility index (Phi) is 7.13. The Morgan fingerprint density at radius 1 is 1.50 bits per heavy atom. The fraction of sp³-hybridized carbons (Fsp3) is 0.900. The van der Waals surface area contributed by atoms with Crippen molar-refractivity contribution in [2.75, 3.05) is 39.0 Å². The van der Waals surface area contributed by atoms with Crippen LogP contribution in [0, 0.1) is 0 Å². The van der Waals surface area contributed by atoms with Crippen LogP contribution < -0.4 is 5.32 Å². The molecule has 0 spiro atoms. The zero-order valence-corrected chi connectivity index (χ0v) is 12.7. The predicted octanol–water partition coefficient (Wildman–Crippen LogP) is -0.490. The zero-order valence-electron chi connectivity index (χ0n) is 11.0. The molecule has 1 atom stereocenters. The largest absolute Gasteiger partial charge is 0.339 e. The van der Waals surface area contributed by atoms with Gasteiger partial charge in [-0.3, -0.25) is 4.79 Å². The summed E-state index contributed by atoms with van der Waals surface area (Å²) in [5.41, 5.74) is 0. The molecule has 1 heterocycles. The number of carbonyl (C=O) groups excluding carboxylic acids is 1. The molecule has 108 valence electrons. The van der Waals surface area contributed by atoms with E-state index in [-0.39, 0.29) is 36.7 Å². The summed E-state index contributed by atoms with van der Waals surface area (Å²) >= 11 is 0. The Labute approximate surface area is 115 Å². The van der Waals surface area contributed by atoms with Gasteiger partial charge in [0.2, 0.25) is 15.9 Å². The quantitative estimate of drug-likeness (QED) is 0.760. The number of nitrogens with one attached hydrogen (secondary N) is 1. The van der Waals surface area contributed by atoms with Gasteiger partial charge in [0.1, 0.15) is 0 Å². The number of sulfonamides is 1. The lowest BCUT2D eigenvalue weighted by Crippen LogP contribution is -2.53. The Balaban J connectivity index is 0.00000289. The van der Waals surface area contributed by atoms with E-state index in [0.717, 1.165) is 10.8 Å². The van der Waals surface area contributed by atoms with Crippen molar-refractivity contribution in [3.05, 3.63) is 0 Å². The van der Waals surface area contributed by atoms with E-state index in [1.165, 1.54) is 7.05 Å². The molecule has 6 nitrogen and oxygen atoms in total. The number of piperazine rings is 1. The van der Waals surface area contributed by atoms with Crippen molar-refractivity contribution in [3.63, 3.8) is 0 Å². The van der Waals surface area contributed by atoms with E-state index in [0.29, 0.717) is 13.1 Å². The maximum atomic E-state index is 11.9. The van der Waals surface area contributed by atoms with Crippen molar-refractivity contribution >= 4 is 28.3 Å². The van der Waals surface area contributed by atoms with E-state index in [9.17, 15) is 13.2 Å². The van der Waals surface area contributed by atoms with Gasteiger partial charge >= 0.3 is 0 Å². The van der Waals surface area contributed by atoms with Gasteiger partial charge < -0.3 is 10.2 Å². The summed E-state index contributed by atoms with van der Waals surface area (Å²) in [6, 6.07) is 0.265. The van der Waals surface area contributed by atoms with Crippen LogP contribution in [0.5, 0.6) is 0 Å². The molecule has 1 aliphatic heterocycles. The van der Waals surface area contributed by atoms with Crippen molar-refractivity contribution in [1.82, 2.24) is 14.5 Å². The molecule has 1 fully saturated rings. The molecule has 1 saturated heterocycles. The molecule has 1 unspecified atom stereocenters. The van der Waals surface area contributed by atoms with Gasteiger partial charge in [0, 0.05) is 32.7 Å². The van der Waals surface area contributed by atoms with E-state index in [4.69, 9.17) is 0 Å². The van der Waals surface area contributed by atoms with E-state index in [1.807, 2.05) is 6.92 Å². The number of halogens is 1. The summed E-state index contributed by atoms with van der Waals surface area (Å²) in [7, 11) is -1.83. The van der Waals surface area contributed by atoms with Gasteiger partial charge in [-0.15, -0.1) is 12.4 Å². The molecule has 18 heavy (non-hydrogen) atoms. The molecular weight excluding hydrogens is 278 g/mol. The third kappa shape index (κ3) is 4.72. The van der Waals surface area contributed by atoms with Crippen molar-refractivity contribution in [1.29, 1.82) is 0 Å². The number of rotatable bonds is 4. The van der Waals surface area contributed by atoms with Crippen molar-refractivity contribution in [3.8, 4) is 0 Å². The molecule has 1 amide bonds. The first kappa shape index (κ1) is 17.6. The van der Waals surface area contributed by atoms with Gasteiger partial charge in [0.15, 0.2) is 0 Å². The molecule has 0 aromatic rings. The third-order valence-corrected chi connectivity index (χ3v) is 4.73. The number of carbonyl (C=O) groups is 1. The lowest BCUT2D eigenvalue weighted by molar-refractivity contribution is -0.132. The average molecular weight is 300 g/mol. The lowest BCUT2D eigenvalue weighted by Gasteiger charge is -2.32. The van der Waals surface area contributed by atoms with Gasteiger partial charge in [-0.25, -0.2) is 8.42 Å². The second-order valence-corrected chi connectivity index (χ2v) is 6.72. The molecule has 0 aliphatic carbocycles. The third-order valence-electron chi connectivity index (χ3n) is 2.92. The van der Waals surface area contributed by atoms with Crippen LogP contribution in [0.4, 0.5) is 0 Å². The van der Waals surface area contributed by atoms with E-state index in [1.54, 1.807) is 11.8 Å². The van der Waals surface area contributed by atoms with Gasteiger partial charge in [-0.2, -0.15) is 4.31 Å². The molecule has 1 rings (SSSR count). The minimum Gasteiger partial charge on any atom is -0.339 e. The van der Waals surface area contributed by atoms with Crippen molar-refractivity contribution < 1.29 is 13.2 Å². The van der Waals surface area contributed by atoms with Crippen LogP contribution in [-0.2, 0) is 14.8 Å². The topological polar surface area (TPSA) is 69.7 Å². The van der Waals surface area contributed by atoms with Gasteiger partial charge in [0.25, 0.3) is 0 Å². The lowest BCUT2D eigenvalue weighted by atomic mass is 10.2. The summed E-state index contributed by atoms with van der Waals surface area (Å²) < 4.78 is 24.2. The van der Waals surface area contributed by atoms with Crippen LogP contribution in [0.3, 0.4) is 0 Å². The Hall–Kier alpha value is -0.370. The van der Waals surface area contributed by atoms with E-state index >= 15 is 0 Å². The average Bonchev–Trinajstić information content (AvgIpc) is 2.28. The summed E-state index contributed by atoms with van der Waals surface area (Å²) in [6.45, 7) is 5.55. The molecule has 0 aromatic carbocycles. The molecule has 1 aliphatic rings. The smallest absolute Gasteiger partial charge is 0.237 e. The summed E-state index contributed by atoms with van der Waals surface area (Å²) in [4.78, 5) is 13.6. The van der Waals surface area contributed by atoms with Crippen LogP contribution in [0.2, 0.25) is 0 Å². The highest BCUT2D eigenvalue weighted by molar-refractivity contribution is 7.89. The highest BCUT2D eigenvalue weighted by atomic mass is 35.5. The zero-order chi connectivity index (χ0) is 13.1. The molecule has 0 saturated carbocycles. The number of amides is 1. The molecule has 0 aromatic heterocycles. The highest BCUT2D eigenvalue weighted by Crippen LogP contribution is 2.03. The minimum absolute atomic E-state index is 0. The second kappa shape index (κ2) is 7.28. The first-order valence-corrected chi connectivity index (χ1v) is 7.43. The molecule has 1 N–H and O–H groups in total. The number of hydrogen-bond donors (Lipinski definition) is 1. The first-order valence-electron chi connectivity index (χ1n) is 5.82.